The van der Waals surface area contributed by atoms with Crippen molar-refractivity contribution in [3.05, 3.63) is 35.4 Å². The number of hydrogen-bond acceptors (Lipinski definition) is 3. The van der Waals surface area contributed by atoms with Crippen molar-refractivity contribution in [2.75, 3.05) is 34.4 Å². The molecule has 0 saturated heterocycles. The zero-order valence-electron chi connectivity index (χ0n) is 11.2. The lowest BCUT2D eigenvalue weighted by Gasteiger charge is -2.18. The fourth-order valence-electron chi connectivity index (χ4n) is 1.92. The molecule has 0 amide bonds. The van der Waals surface area contributed by atoms with Gasteiger partial charge in [-0.2, -0.15) is 0 Å². The van der Waals surface area contributed by atoms with Crippen LogP contribution < -0.4 is 5.32 Å². The predicted molar refractivity (Wildman–Crippen MR) is 72.0 cm³/mol. The van der Waals surface area contributed by atoms with Gasteiger partial charge in [0.1, 0.15) is 0 Å². The smallest absolute Gasteiger partial charge is 0.0474 e. The largest absolute Gasteiger partial charge is 0.385 e. The Balaban J connectivity index is 2.48. The van der Waals surface area contributed by atoms with E-state index in [1.807, 2.05) is 7.05 Å². The third kappa shape index (κ3) is 5.31. The van der Waals surface area contributed by atoms with Crippen LogP contribution in [0.15, 0.2) is 24.3 Å². The Hall–Kier alpha value is -0.900. The SMILES string of the molecule is CNCc1ccccc1CN(C)CCCOC. The van der Waals surface area contributed by atoms with E-state index >= 15 is 0 Å². The molecule has 1 rings (SSSR count). The zero-order chi connectivity index (χ0) is 12.5. The fraction of sp³-hybridized carbons (Fsp3) is 0.571. The minimum Gasteiger partial charge on any atom is -0.385 e. The standard InChI is InChI=1S/C14H24N2O/c1-15-11-13-7-4-5-8-14(13)12-16(2)9-6-10-17-3/h4-5,7-8,15H,6,9-12H2,1-3H3. The average molecular weight is 236 g/mol. The Morgan fingerprint density at radius 2 is 1.94 bits per heavy atom. The number of rotatable bonds is 8. The highest BCUT2D eigenvalue weighted by Crippen LogP contribution is 2.11. The van der Waals surface area contributed by atoms with Crippen molar-refractivity contribution >= 4 is 0 Å². The van der Waals surface area contributed by atoms with Crippen LogP contribution in [0.1, 0.15) is 17.5 Å². The topological polar surface area (TPSA) is 24.5 Å². The molecule has 0 aliphatic carbocycles. The Morgan fingerprint density at radius 1 is 1.24 bits per heavy atom. The quantitative estimate of drug-likeness (QED) is 0.697. The van der Waals surface area contributed by atoms with Gasteiger partial charge < -0.3 is 15.0 Å². The summed E-state index contributed by atoms with van der Waals surface area (Å²) in [4.78, 5) is 2.34. The van der Waals surface area contributed by atoms with E-state index in [0.717, 1.165) is 32.7 Å². The summed E-state index contributed by atoms with van der Waals surface area (Å²) in [6.45, 7) is 3.84. The van der Waals surface area contributed by atoms with Gasteiger partial charge in [-0.3, -0.25) is 0 Å². The molecule has 0 fully saturated rings. The van der Waals surface area contributed by atoms with E-state index < -0.39 is 0 Å². The maximum Gasteiger partial charge on any atom is 0.0474 e. The number of nitrogens with one attached hydrogen (secondary N) is 1. The summed E-state index contributed by atoms with van der Waals surface area (Å²) in [7, 11) is 5.90. The van der Waals surface area contributed by atoms with Crippen LogP contribution >= 0.6 is 0 Å². The maximum atomic E-state index is 5.07. The van der Waals surface area contributed by atoms with Crippen LogP contribution in [0.25, 0.3) is 0 Å². The molecule has 1 aromatic carbocycles. The molecule has 0 aromatic heterocycles. The van der Waals surface area contributed by atoms with Crippen LogP contribution in [0.5, 0.6) is 0 Å². The third-order valence-corrected chi connectivity index (χ3v) is 2.81. The molecule has 17 heavy (non-hydrogen) atoms. The van der Waals surface area contributed by atoms with Gasteiger partial charge in [-0.15, -0.1) is 0 Å². The minimum absolute atomic E-state index is 0.836. The Bertz CT molecular complexity index is 315. The van der Waals surface area contributed by atoms with Crippen LogP contribution in [0.2, 0.25) is 0 Å². The predicted octanol–water partition coefficient (Wildman–Crippen LogP) is 1.87. The van der Waals surface area contributed by atoms with Crippen LogP contribution in [-0.4, -0.2) is 39.3 Å². The number of hydrogen-bond donors (Lipinski definition) is 1. The van der Waals surface area contributed by atoms with Gasteiger partial charge in [-0.25, -0.2) is 0 Å². The first kappa shape index (κ1) is 14.2. The first-order chi connectivity index (χ1) is 8.27. The van der Waals surface area contributed by atoms with E-state index in [0.29, 0.717) is 0 Å². The van der Waals surface area contributed by atoms with Gasteiger partial charge in [0, 0.05) is 33.4 Å². The molecule has 1 N–H and O–H groups in total. The highest BCUT2D eigenvalue weighted by molar-refractivity contribution is 5.26. The van der Waals surface area contributed by atoms with Crippen LogP contribution in [-0.2, 0) is 17.8 Å². The lowest BCUT2D eigenvalue weighted by atomic mass is 10.1. The van der Waals surface area contributed by atoms with E-state index in [-0.39, 0.29) is 0 Å². The molecule has 3 nitrogen and oxygen atoms in total. The van der Waals surface area contributed by atoms with Crippen molar-refractivity contribution in [1.29, 1.82) is 0 Å². The van der Waals surface area contributed by atoms with Crippen molar-refractivity contribution < 1.29 is 4.74 Å². The van der Waals surface area contributed by atoms with Crippen LogP contribution in [0, 0.1) is 0 Å². The van der Waals surface area contributed by atoms with E-state index in [9.17, 15) is 0 Å². The second-order valence-corrected chi connectivity index (χ2v) is 4.38. The van der Waals surface area contributed by atoms with Gasteiger partial charge in [-0.1, -0.05) is 24.3 Å². The van der Waals surface area contributed by atoms with Gasteiger partial charge in [0.15, 0.2) is 0 Å². The monoisotopic (exact) mass is 236 g/mol. The number of ether oxygens (including phenoxy) is 1. The van der Waals surface area contributed by atoms with Gasteiger partial charge in [0.05, 0.1) is 0 Å². The van der Waals surface area contributed by atoms with Crippen molar-refractivity contribution in [3.8, 4) is 0 Å². The van der Waals surface area contributed by atoms with E-state index in [2.05, 4.69) is 41.5 Å². The molecule has 0 bridgehead atoms. The second-order valence-electron chi connectivity index (χ2n) is 4.38. The van der Waals surface area contributed by atoms with Crippen LogP contribution in [0.4, 0.5) is 0 Å². The van der Waals surface area contributed by atoms with Crippen molar-refractivity contribution in [1.82, 2.24) is 10.2 Å². The maximum absolute atomic E-state index is 5.07. The van der Waals surface area contributed by atoms with Crippen LogP contribution in [0.3, 0.4) is 0 Å². The Morgan fingerprint density at radius 3 is 2.59 bits per heavy atom. The zero-order valence-corrected chi connectivity index (χ0v) is 11.2. The normalized spacial score (nSPS) is 11.1. The third-order valence-electron chi connectivity index (χ3n) is 2.81. The summed E-state index contributed by atoms with van der Waals surface area (Å²) in [5, 5.41) is 3.21. The van der Waals surface area contributed by atoms with E-state index in [4.69, 9.17) is 4.74 Å². The van der Waals surface area contributed by atoms with Gasteiger partial charge in [0.2, 0.25) is 0 Å². The molecule has 0 aliphatic rings. The number of nitrogens with zero attached hydrogens (tertiary/aromatic N) is 1. The number of methoxy groups -OCH3 is 1. The molecule has 96 valence electrons. The summed E-state index contributed by atoms with van der Waals surface area (Å²) in [5.74, 6) is 0. The van der Waals surface area contributed by atoms with Crippen molar-refractivity contribution in [2.45, 2.75) is 19.5 Å². The van der Waals surface area contributed by atoms with Gasteiger partial charge in [0.25, 0.3) is 0 Å². The highest BCUT2D eigenvalue weighted by atomic mass is 16.5. The van der Waals surface area contributed by atoms with Crippen molar-refractivity contribution in [3.63, 3.8) is 0 Å². The molecule has 3 heteroatoms. The molecular formula is C14H24N2O. The Kier molecular flexibility index (Phi) is 6.86. The second kappa shape index (κ2) is 8.23. The molecule has 1 aromatic rings. The van der Waals surface area contributed by atoms with E-state index in [1.165, 1.54) is 11.1 Å². The Labute approximate surface area is 105 Å². The molecule has 0 aliphatic heterocycles. The summed E-state index contributed by atoms with van der Waals surface area (Å²) >= 11 is 0. The van der Waals surface area contributed by atoms with Crippen molar-refractivity contribution in [2.24, 2.45) is 0 Å². The molecular weight excluding hydrogens is 212 g/mol. The summed E-state index contributed by atoms with van der Waals surface area (Å²) in [6.07, 6.45) is 1.08. The molecule has 0 spiro atoms. The average Bonchev–Trinajstić information content (AvgIpc) is 2.32. The molecule has 0 atom stereocenters. The lowest BCUT2D eigenvalue weighted by Crippen LogP contribution is -2.21. The lowest BCUT2D eigenvalue weighted by molar-refractivity contribution is 0.178. The van der Waals surface area contributed by atoms with Gasteiger partial charge in [-0.05, 0) is 31.6 Å². The molecule has 0 heterocycles. The summed E-state index contributed by atoms with van der Waals surface area (Å²) in [5.41, 5.74) is 2.79. The summed E-state index contributed by atoms with van der Waals surface area (Å²) < 4.78 is 5.07. The first-order valence-corrected chi connectivity index (χ1v) is 6.16. The molecule has 0 saturated carbocycles. The molecule has 0 unspecified atom stereocenters. The molecule has 0 radical (unpaired) electrons. The van der Waals surface area contributed by atoms with E-state index in [1.54, 1.807) is 7.11 Å². The van der Waals surface area contributed by atoms with Gasteiger partial charge >= 0.3 is 0 Å². The fourth-order valence-corrected chi connectivity index (χ4v) is 1.92. The highest BCUT2D eigenvalue weighted by Gasteiger charge is 2.04. The summed E-state index contributed by atoms with van der Waals surface area (Å²) in [6, 6.07) is 8.60. The number of benzene rings is 1. The first-order valence-electron chi connectivity index (χ1n) is 6.16. The minimum atomic E-state index is 0.836.